The molecular weight excluding hydrogens is 453 g/mol. The number of nitrogens with zero attached hydrogens (tertiary/aromatic N) is 4. The van der Waals surface area contributed by atoms with Crippen molar-refractivity contribution < 1.29 is 9.18 Å². The SMILES string of the molecule is Cc1nnn2c1-c1ccc(C(=O)N[C@H](C)c3ccc(F)cc3)cc1N(c1ccc(Cl)cc1)CC2. The molecule has 6 nitrogen and oxygen atoms in total. The van der Waals surface area contributed by atoms with Crippen molar-refractivity contribution in [2.24, 2.45) is 0 Å². The highest BCUT2D eigenvalue weighted by atomic mass is 35.5. The van der Waals surface area contributed by atoms with Crippen LogP contribution in [0.5, 0.6) is 0 Å². The fraction of sp³-hybridized carbons (Fsp3) is 0.192. The average molecular weight is 476 g/mol. The lowest BCUT2D eigenvalue weighted by atomic mass is 10.0. The Morgan fingerprint density at radius 3 is 2.53 bits per heavy atom. The zero-order valence-electron chi connectivity index (χ0n) is 18.8. The van der Waals surface area contributed by atoms with Gasteiger partial charge in [0.15, 0.2) is 0 Å². The smallest absolute Gasteiger partial charge is 0.251 e. The van der Waals surface area contributed by atoms with Crippen LogP contribution in [0.3, 0.4) is 0 Å². The zero-order chi connectivity index (χ0) is 23.8. The molecule has 1 N–H and O–H groups in total. The van der Waals surface area contributed by atoms with E-state index in [1.165, 1.54) is 12.1 Å². The van der Waals surface area contributed by atoms with Gasteiger partial charge < -0.3 is 10.2 Å². The van der Waals surface area contributed by atoms with E-state index in [0.29, 0.717) is 23.7 Å². The second-order valence-corrected chi connectivity index (χ2v) is 8.79. The minimum Gasteiger partial charge on any atom is -0.346 e. The first-order chi connectivity index (χ1) is 16.4. The molecular formula is C26H23ClFN5O. The van der Waals surface area contributed by atoms with Gasteiger partial charge in [-0.05, 0) is 74.0 Å². The van der Waals surface area contributed by atoms with Gasteiger partial charge in [0.1, 0.15) is 5.82 Å². The van der Waals surface area contributed by atoms with E-state index in [0.717, 1.165) is 33.9 Å². The van der Waals surface area contributed by atoms with E-state index in [4.69, 9.17) is 11.6 Å². The van der Waals surface area contributed by atoms with Crippen molar-refractivity contribution in [3.8, 4) is 11.3 Å². The summed E-state index contributed by atoms with van der Waals surface area (Å²) in [6.45, 7) is 5.12. The summed E-state index contributed by atoms with van der Waals surface area (Å²) < 4.78 is 15.2. The first-order valence-corrected chi connectivity index (χ1v) is 11.4. The van der Waals surface area contributed by atoms with Gasteiger partial charge in [0, 0.05) is 28.4 Å². The third-order valence-electron chi connectivity index (χ3n) is 6.10. The van der Waals surface area contributed by atoms with Crippen LogP contribution in [0, 0.1) is 12.7 Å². The summed E-state index contributed by atoms with van der Waals surface area (Å²) in [5, 5.41) is 12.2. The first kappa shape index (κ1) is 22.1. The Balaban J connectivity index is 1.53. The largest absolute Gasteiger partial charge is 0.346 e. The van der Waals surface area contributed by atoms with Crippen LogP contribution in [0.4, 0.5) is 15.8 Å². The van der Waals surface area contributed by atoms with Crippen molar-refractivity contribution in [1.29, 1.82) is 0 Å². The number of aryl methyl sites for hydroxylation is 1. The van der Waals surface area contributed by atoms with E-state index in [2.05, 4.69) is 20.5 Å². The normalized spacial score (nSPS) is 13.6. The molecule has 0 bridgehead atoms. The Kier molecular flexibility index (Phi) is 5.79. The topological polar surface area (TPSA) is 63.1 Å². The number of fused-ring (bicyclic) bond motifs is 3. The Hall–Kier alpha value is -3.71. The van der Waals surface area contributed by atoms with Crippen molar-refractivity contribution in [1.82, 2.24) is 20.3 Å². The van der Waals surface area contributed by atoms with Crippen molar-refractivity contribution in [3.63, 3.8) is 0 Å². The van der Waals surface area contributed by atoms with Crippen LogP contribution in [0.2, 0.25) is 5.02 Å². The number of benzene rings is 3. The van der Waals surface area contributed by atoms with Crippen LogP contribution < -0.4 is 10.2 Å². The molecule has 0 spiro atoms. The summed E-state index contributed by atoms with van der Waals surface area (Å²) in [6, 6.07) is 19.2. The number of halogens is 2. The number of amides is 1. The summed E-state index contributed by atoms with van der Waals surface area (Å²) in [7, 11) is 0. The summed E-state index contributed by atoms with van der Waals surface area (Å²) in [6.07, 6.45) is 0. The maximum absolute atomic E-state index is 13.3. The summed E-state index contributed by atoms with van der Waals surface area (Å²) in [4.78, 5) is 15.3. The fourth-order valence-corrected chi connectivity index (χ4v) is 4.43. The van der Waals surface area contributed by atoms with Gasteiger partial charge in [-0.25, -0.2) is 9.07 Å². The van der Waals surface area contributed by atoms with Crippen molar-refractivity contribution in [3.05, 3.63) is 94.4 Å². The second-order valence-electron chi connectivity index (χ2n) is 8.35. The molecule has 0 saturated heterocycles. The molecule has 2 heterocycles. The standard InChI is InChI=1S/C26H23ClFN5O/c1-16(18-3-8-21(28)9-4-18)29-26(34)19-5-12-23-24(15-19)32(22-10-6-20(27)7-11-22)13-14-33-25(23)17(2)30-31-33/h3-12,15-16H,13-14H2,1-2H3,(H,29,34)/t16-/m1/s1. The fourth-order valence-electron chi connectivity index (χ4n) is 4.31. The molecule has 4 aromatic rings. The molecule has 172 valence electrons. The maximum Gasteiger partial charge on any atom is 0.251 e. The van der Waals surface area contributed by atoms with E-state index in [9.17, 15) is 9.18 Å². The number of hydrogen-bond acceptors (Lipinski definition) is 4. The first-order valence-electron chi connectivity index (χ1n) is 11.0. The van der Waals surface area contributed by atoms with Gasteiger partial charge in [-0.3, -0.25) is 4.79 Å². The number of hydrogen-bond donors (Lipinski definition) is 1. The minimum absolute atomic E-state index is 0.205. The molecule has 34 heavy (non-hydrogen) atoms. The quantitative estimate of drug-likeness (QED) is 0.412. The number of anilines is 2. The highest BCUT2D eigenvalue weighted by Gasteiger charge is 2.25. The molecule has 5 rings (SSSR count). The molecule has 0 radical (unpaired) electrons. The van der Waals surface area contributed by atoms with Gasteiger partial charge in [-0.1, -0.05) is 28.9 Å². The monoisotopic (exact) mass is 475 g/mol. The summed E-state index contributed by atoms with van der Waals surface area (Å²) >= 11 is 6.12. The Bertz CT molecular complexity index is 1350. The van der Waals surface area contributed by atoms with Gasteiger partial charge in [0.05, 0.1) is 29.7 Å². The maximum atomic E-state index is 13.3. The van der Waals surface area contributed by atoms with Gasteiger partial charge >= 0.3 is 0 Å². The number of carbonyl (C=O) groups excluding carboxylic acids is 1. The van der Waals surface area contributed by atoms with Crippen molar-refractivity contribution in [2.75, 3.05) is 11.4 Å². The van der Waals surface area contributed by atoms with Gasteiger partial charge in [-0.2, -0.15) is 0 Å². The molecule has 3 aromatic carbocycles. The van der Waals surface area contributed by atoms with E-state index >= 15 is 0 Å². The molecule has 0 saturated carbocycles. The van der Waals surface area contributed by atoms with Crippen molar-refractivity contribution >= 4 is 28.9 Å². The van der Waals surface area contributed by atoms with Gasteiger partial charge in [0.25, 0.3) is 5.91 Å². The van der Waals surface area contributed by atoms with Crippen LogP contribution in [-0.4, -0.2) is 27.4 Å². The van der Waals surface area contributed by atoms with E-state index < -0.39 is 0 Å². The van der Waals surface area contributed by atoms with Crippen LogP contribution in [0.1, 0.15) is 34.6 Å². The van der Waals surface area contributed by atoms with Crippen LogP contribution in [-0.2, 0) is 6.54 Å². The zero-order valence-corrected chi connectivity index (χ0v) is 19.6. The molecule has 8 heteroatoms. The van der Waals surface area contributed by atoms with E-state index in [-0.39, 0.29) is 17.8 Å². The second kappa shape index (κ2) is 8.91. The Morgan fingerprint density at radius 1 is 1.06 bits per heavy atom. The average Bonchev–Trinajstić information content (AvgIpc) is 3.11. The molecule has 1 amide bonds. The third kappa shape index (κ3) is 4.15. The molecule has 1 aliphatic heterocycles. The number of aromatic nitrogens is 3. The van der Waals surface area contributed by atoms with Gasteiger partial charge in [0.2, 0.25) is 0 Å². The van der Waals surface area contributed by atoms with Crippen molar-refractivity contribution in [2.45, 2.75) is 26.4 Å². The number of carbonyl (C=O) groups is 1. The lowest BCUT2D eigenvalue weighted by molar-refractivity contribution is 0.0940. The third-order valence-corrected chi connectivity index (χ3v) is 6.35. The highest BCUT2D eigenvalue weighted by molar-refractivity contribution is 6.30. The molecule has 1 aliphatic rings. The molecule has 1 aromatic heterocycles. The number of nitrogens with one attached hydrogen (secondary N) is 1. The van der Waals surface area contributed by atoms with Crippen LogP contribution in [0.25, 0.3) is 11.3 Å². The summed E-state index contributed by atoms with van der Waals surface area (Å²) in [5.74, 6) is -0.511. The Labute approximate surface area is 202 Å². The predicted octanol–water partition coefficient (Wildman–Crippen LogP) is 5.69. The minimum atomic E-state index is -0.306. The molecule has 0 unspecified atom stereocenters. The van der Waals surface area contributed by atoms with Crippen LogP contribution in [0.15, 0.2) is 66.7 Å². The molecule has 0 fully saturated rings. The lowest BCUT2D eigenvalue weighted by Gasteiger charge is -2.25. The van der Waals surface area contributed by atoms with E-state index in [1.54, 1.807) is 12.1 Å². The molecule has 1 atom stereocenters. The summed E-state index contributed by atoms with van der Waals surface area (Å²) in [5.41, 5.74) is 5.97. The lowest BCUT2D eigenvalue weighted by Crippen LogP contribution is -2.27. The van der Waals surface area contributed by atoms with E-state index in [1.807, 2.05) is 61.0 Å². The van der Waals surface area contributed by atoms with Gasteiger partial charge in [-0.15, -0.1) is 5.10 Å². The predicted molar refractivity (Wildman–Crippen MR) is 131 cm³/mol. The van der Waals surface area contributed by atoms with Crippen LogP contribution >= 0.6 is 11.6 Å². The number of rotatable bonds is 4. The molecule has 0 aliphatic carbocycles. The Morgan fingerprint density at radius 2 is 1.79 bits per heavy atom. The highest BCUT2D eigenvalue weighted by Crippen LogP contribution is 2.39.